The van der Waals surface area contributed by atoms with Crippen molar-refractivity contribution in [2.24, 2.45) is 0 Å². The van der Waals surface area contributed by atoms with Crippen molar-refractivity contribution >= 4 is 52.3 Å². The lowest BCUT2D eigenvalue weighted by Gasteiger charge is -1.60. The van der Waals surface area contributed by atoms with Gasteiger partial charge in [0.15, 0.2) is 0 Å². The van der Waals surface area contributed by atoms with Crippen molar-refractivity contribution in [2.75, 3.05) is 0 Å². The first kappa shape index (κ1) is 15.8. The molecule has 0 bridgehead atoms. The topological polar surface area (TPSA) is 57.5 Å². The molecule has 0 radical (unpaired) electrons. The molecule has 0 aromatic rings. The van der Waals surface area contributed by atoms with Crippen molar-refractivity contribution in [1.29, 1.82) is 0 Å². The standard InChI is InChI=1S/CH2O3.2Mg.4H/c2-1(3)4;;;;;;/h(H2,2,3,4);;;;;;. The Bertz CT molecular complexity index is 31.8. The summed E-state index contributed by atoms with van der Waals surface area (Å²) in [6.07, 6.45) is -1.83. The van der Waals surface area contributed by atoms with Crippen molar-refractivity contribution in [3.05, 3.63) is 0 Å². The van der Waals surface area contributed by atoms with Gasteiger partial charge in [-0.05, 0) is 0 Å². The predicted octanol–water partition coefficient (Wildman–Crippen LogP) is -1.61. The second-order valence-electron chi connectivity index (χ2n) is 0.283. The second-order valence-corrected chi connectivity index (χ2v) is 0.283. The van der Waals surface area contributed by atoms with Crippen LogP contribution in [0.3, 0.4) is 0 Å². The van der Waals surface area contributed by atoms with Crippen LogP contribution in [-0.2, 0) is 0 Å². The predicted molar refractivity (Wildman–Crippen MR) is 27.7 cm³/mol. The molecular formula is CH6Mg2O3. The summed E-state index contributed by atoms with van der Waals surface area (Å²) in [7, 11) is 0. The fourth-order valence-electron chi connectivity index (χ4n) is 0. The van der Waals surface area contributed by atoms with Gasteiger partial charge in [0.2, 0.25) is 0 Å². The normalized spacial score (nSPS) is 4.00. The van der Waals surface area contributed by atoms with Crippen LogP contribution in [0.15, 0.2) is 0 Å². The monoisotopic (exact) mass is 114 g/mol. The summed E-state index contributed by atoms with van der Waals surface area (Å²) in [5.41, 5.74) is 0. The molecule has 0 saturated carbocycles. The van der Waals surface area contributed by atoms with Crippen molar-refractivity contribution in [3.8, 4) is 0 Å². The Hall–Kier alpha value is 0.802. The third kappa shape index (κ3) is 108. The van der Waals surface area contributed by atoms with Crippen LogP contribution in [0.5, 0.6) is 0 Å². The molecule has 32 valence electrons. The Labute approximate surface area is 67.0 Å². The van der Waals surface area contributed by atoms with Gasteiger partial charge in [-0.2, -0.15) is 0 Å². The summed E-state index contributed by atoms with van der Waals surface area (Å²) in [5.74, 6) is 0. The first-order chi connectivity index (χ1) is 1.73. The van der Waals surface area contributed by atoms with Gasteiger partial charge in [-0.1, -0.05) is 0 Å². The molecule has 0 saturated heterocycles. The summed E-state index contributed by atoms with van der Waals surface area (Å²) in [4.78, 5) is 8.56. The van der Waals surface area contributed by atoms with Gasteiger partial charge in [0.25, 0.3) is 0 Å². The van der Waals surface area contributed by atoms with E-state index >= 15 is 0 Å². The maximum absolute atomic E-state index is 8.56. The van der Waals surface area contributed by atoms with Gasteiger partial charge < -0.3 is 10.2 Å². The molecule has 0 heterocycles. The fraction of sp³-hybridized carbons (Fsp3) is 0. The van der Waals surface area contributed by atoms with Gasteiger partial charge >= 0.3 is 52.3 Å². The van der Waals surface area contributed by atoms with E-state index in [0.29, 0.717) is 0 Å². The van der Waals surface area contributed by atoms with Crippen molar-refractivity contribution in [1.82, 2.24) is 0 Å². The lowest BCUT2D eigenvalue weighted by Crippen LogP contribution is -1.81. The molecule has 2 N–H and O–H groups in total. The first-order valence-corrected chi connectivity index (χ1v) is 0.651. The second kappa shape index (κ2) is 9.26. The third-order valence-corrected chi connectivity index (χ3v) is 0. The van der Waals surface area contributed by atoms with Gasteiger partial charge in [0.1, 0.15) is 0 Å². The molecule has 6 heavy (non-hydrogen) atoms. The molecule has 0 aromatic carbocycles. The quantitative estimate of drug-likeness (QED) is 0.373. The fourth-order valence-corrected chi connectivity index (χ4v) is 0. The largest absolute Gasteiger partial charge is 0.503 e. The van der Waals surface area contributed by atoms with E-state index in [0.717, 1.165) is 0 Å². The molecule has 0 fully saturated rings. The summed E-state index contributed by atoms with van der Waals surface area (Å²) in [6, 6.07) is 0. The zero-order chi connectivity index (χ0) is 3.58. The van der Waals surface area contributed by atoms with Crippen molar-refractivity contribution in [3.63, 3.8) is 0 Å². The molecule has 0 aliphatic carbocycles. The van der Waals surface area contributed by atoms with E-state index in [2.05, 4.69) is 0 Å². The molecule has 5 heteroatoms. The van der Waals surface area contributed by atoms with Crippen LogP contribution in [-0.4, -0.2) is 62.5 Å². The van der Waals surface area contributed by atoms with E-state index in [1.54, 1.807) is 0 Å². The Balaban J connectivity index is -0.0000000450. The van der Waals surface area contributed by atoms with Gasteiger partial charge in [0.05, 0.1) is 0 Å². The molecular weight excluding hydrogens is 109 g/mol. The first-order valence-electron chi connectivity index (χ1n) is 0.651. The van der Waals surface area contributed by atoms with Gasteiger partial charge in [-0.3, -0.25) is 0 Å². The van der Waals surface area contributed by atoms with E-state index < -0.39 is 6.16 Å². The summed E-state index contributed by atoms with van der Waals surface area (Å²) in [6.45, 7) is 0. The summed E-state index contributed by atoms with van der Waals surface area (Å²) >= 11 is 0. The number of rotatable bonds is 0. The van der Waals surface area contributed by atoms with Crippen LogP contribution in [0.1, 0.15) is 0 Å². The zero-order valence-corrected chi connectivity index (χ0v) is 1.80. The minimum Gasteiger partial charge on any atom is -0.450 e. The highest BCUT2D eigenvalue weighted by Gasteiger charge is 1.70. The van der Waals surface area contributed by atoms with E-state index in [-0.39, 0.29) is 46.1 Å². The maximum atomic E-state index is 8.56. The summed E-state index contributed by atoms with van der Waals surface area (Å²) in [5, 5.41) is 13.9. The van der Waals surface area contributed by atoms with Crippen LogP contribution in [0.2, 0.25) is 0 Å². The molecule has 3 nitrogen and oxygen atoms in total. The Morgan fingerprint density at radius 2 is 1.17 bits per heavy atom. The molecule has 0 aliphatic heterocycles. The molecule has 0 unspecified atom stereocenters. The number of carbonyl (C=O) groups is 1. The molecule has 0 spiro atoms. The van der Waals surface area contributed by atoms with Crippen molar-refractivity contribution in [2.45, 2.75) is 0 Å². The van der Waals surface area contributed by atoms with Crippen molar-refractivity contribution < 1.29 is 15.0 Å². The van der Waals surface area contributed by atoms with Crippen LogP contribution in [0, 0.1) is 0 Å². The average Bonchev–Trinajstić information content (AvgIpc) is 0.811. The van der Waals surface area contributed by atoms with Crippen LogP contribution in [0.25, 0.3) is 0 Å². The van der Waals surface area contributed by atoms with Gasteiger partial charge in [-0.15, -0.1) is 0 Å². The van der Waals surface area contributed by atoms with Gasteiger partial charge in [-0.25, -0.2) is 4.79 Å². The minimum absolute atomic E-state index is 0. The SMILES string of the molecule is O=C(O)O.[MgH2].[MgH2]. The van der Waals surface area contributed by atoms with Gasteiger partial charge in [0, 0.05) is 0 Å². The molecule has 0 rings (SSSR count). The van der Waals surface area contributed by atoms with Crippen LogP contribution >= 0.6 is 0 Å². The van der Waals surface area contributed by atoms with E-state index in [1.165, 1.54) is 0 Å². The smallest absolute Gasteiger partial charge is 0.450 e. The highest BCUT2D eigenvalue weighted by atomic mass is 24.3. The minimum atomic E-state index is -1.83. The van der Waals surface area contributed by atoms with E-state index in [4.69, 9.17) is 15.0 Å². The lowest BCUT2D eigenvalue weighted by atomic mass is 11.5. The highest BCUT2D eigenvalue weighted by molar-refractivity contribution is 5.76. The number of hydrogen-bond acceptors (Lipinski definition) is 1. The molecule has 0 aliphatic rings. The maximum Gasteiger partial charge on any atom is 0.503 e. The van der Waals surface area contributed by atoms with Crippen LogP contribution in [0.4, 0.5) is 4.79 Å². The number of carboxylic acid groups (broad SMARTS) is 2. The summed E-state index contributed by atoms with van der Waals surface area (Å²) < 4.78 is 0. The molecule has 0 aromatic heterocycles. The molecule has 0 amide bonds. The number of hydrogen-bond donors (Lipinski definition) is 2. The highest BCUT2D eigenvalue weighted by Crippen LogP contribution is 1.42. The third-order valence-electron chi connectivity index (χ3n) is 0. The van der Waals surface area contributed by atoms with Crippen LogP contribution < -0.4 is 0 Å². The Kier molecular flexibility index (Phi) is 24.4. The Morgan fingerprint density at radius 3 is 1.17 bits per heavy atom. The lowest BCUT2D eigenvalue weighted by molar-refractivity contribution is 0.137. The average molecular weight is 115 g/mol. The molecule has 0 atom stereocenters. The van der Waals surface area contributed by atoms with E-state index in [9.17, 15) is 0 Å². The van der Waals surface area contributed by atoms with E-state index in [1.807, 2.05) is 0 Å². The Morgan fingerprint density at radius 1 is 1.17 bits per heavy atom. The zero-order valence-electron chi connectivity index (χ0n) is 1.80.